The molecule has 112 valence electrons. The van der Waals surface area contributed by atoms with Gasteiger partial charge >= 0.3 is 0 Å². The van der Waals surface area contributed by atoms with Crippen molar-refractivity contribution >= 4 is 21.4 Å². The van der Waals surface area contributed by atoms with Crippen LogP contribution in [0, 0.1) is 19.8 Å². The van der Waals surface area contributed by atoms with Crippen LogP contribution in [0.15, 0.2) is 29.7 Å². The molecule has 4 nitrogen and oxygen atoms in total. The number of anilines is 1. The molecule has 2 aliphatic rings. The van der Waals surface area contributed by atoms with Crippen LogP contribution in [0.25, 0.3) is 0 Å². The predicted octanol–water partition coefficient (Wildman–Crippen LogP) is 2.36. The van der Waals surface area contributed by atoms with Crippen molar-refractivity contribution in [3.05, 3.63) is 40.8 Å². The first-order chi connectivity index (χ1) is 9.87. The number of carbonyl (C=O) groups is 1. The zero-order chi connectivity index (χ0) is 15.2. The van der Waals surface area contributed by atoms with E-state index in [1.165, 1.54) is 5.41 Å². The van der Waals surface area contributed by atoms with Crippen molar-refractivity contribution in [1.29, 1.82) is 0 Å². The number of benzene rings is 1. The highest BCUT2D eigenvalue weighted by Gasteiger charge is 2.39. The molecule has 1 aliphatic carbocycles. The monoisotopic (exact) mass is 305 g/mol. The number of nitrogens with zero attached hydrogens (tertiary/aromatic N) is 1. The minimum atomic E-state index is -3.18. The third kappa shape index (κ3) is 2.88. The maximum Gasteiger partial charge on any atom is 0.230 e. The SMILES string of the molecule is Cc1ccc(N(C(=O)C2CC2)[C@H]2C=CS(=O)(=O)C2)cc1C. The van der Waals surface area contributed by atoms with Gasteiger partial charge in [-0.1, -0.05) is 6.07 Å². The van der Waals surface area contributed by atoms with Crippen LogP contribution in [0.1, 0.15) is 24.0 Å². The number of hydrogen-bond acceptors (Lipinski definition) is 3. The summed E-state index contributed by atoms with van der Waals surface area (Å²) in [6.07, 6.45) is 3.44. The first-order valence-corrected chi connectivity index (χ1v) is 8.90. The minimum absolute atomic E-state index is 0.0155. The Morgan fingerprint density at radius 1 is 1.19 bits per heavy atom. The Hall–Kier alpha value is -1.62. The summed E-state index contributed by atoms with van der Waals surface area (Å²) in [5.74, 6) is 0.0894. The lowest BCUT2D eigenvalue weighted by atomic mass is 10.1. The topological polar surface area (TPSA) is 54.5 Å². The summed E-state index contributed by atoms with van der Waals surface area (Å²) in [6.45, 7) is 4.02. The van der Waals surface area contributed by atoms with Crippen LogP contribution in [0.2, 0.25) is 0 Å². The molecule has 0 bridgehead atoms. The Morgan fingerprint density at radius 2 is 1.90 bits per heavy atom. The van der Waals surface area contributed by atoms with Crippen molar-refractivity contribution in [2.75, 3.05) is 10.7 Å². The number of hydrogen-bond donors (Lipinski definition) is 0. The van der Waals surface area contributed by atoms with Crippen LogP contribution in [-0.4, -0.2) is 26.1 Å². The van der Waals surface area contributed by atoms with Crippen molar-refractivity contribution < 1.29 is 13.2 Å². The van der Waals surface area contributed by atoms with Gasteiger partial charge in [0, 0.05) is 17.0 Å². The van der Waals surface area contributed by atoms with Crippen LogP contribution in [-0.2, 0) is 14.6 Å². The zero-order valence-electron chi connectivity index (χ0n) is 12.2. The van der Waals surface area contributed by atoms with Crippen LogP contribution in [0.3, 0.4) is 0 Å². The van der Waals surface area contributed by atoms with Gasteiger partial charge in [0.25, 0.3) is 0 Å². The van der Waals surface area contributed by atoms with E-state index in [0.29, 0.717) is 0 Å². The van der Waals surface area contributed by atoms with E-state index in [9.17, 15) is 13.2 Å². The quantitative estimate of drug-likeness (QED) is 0.861. The summed E-state index contributed by atoms with van der Waals surface area (Å²) < 4.78 is 23.4. The number of sulfone groups is 1. The van der Waals surface area contributed by atoms with E-state index in [2.05, 4.69) is 0 Å². The molecular weight excluding hydrogens is 286 g/mol. The molecule has 0 saturated heterocycles. The van der Waals surface area contributed by atoms with Gasteiger partial charge in [-0.2, -0.15) is 0 Å². The summed E-state index contributed by atoms with van der Waals surface area (Å²) in [4.78, 5) is 14.3. The number of aryl methyl sites for hydroxylation is 2. The van der Waals surface area contributed by atoms with Crippen molar-refractivity contribution in [3.8, 4) is 0 Å². The van der Waals surface area contributed by atoms with Crippen LogP contribution in [0.4, 0.5) is 5.69 Å². The lowest BCUT2D eigenvalue weighted by Gasteiger charge is -2.28. The molecule has 0 unspecified atom stereocenters. The average molecular weight is 305 g/mol. The normalized spacial score (nSPS) is 23.2. The molecule has 1 heterocycles. The summed E-state index contributed by atoms with van der Waals surface area (Å²) >= 11 is 0. The second-order valence-electron chi connectivity index (χ2n) is 5.98. The van der Waals surface area contributed by atoms with Crippen LogP contribution in [0.5, 0.6) is 0 Å². The summed E-state index contributed by atoms with van der Waals surface area (Å²) in [6, 6.07) is 5.46. The van der Waals surface area contributed by atoms with E-state index in [4.69, 9.17) is 0 Å². The highest BCUT2D eigenvalue weighted by molar-refractivity contribution is 7.94. The summed E-state index contributed by atoms with van der Waals surface area (Å²) in [5, 5.41) is 1.23. The Labute approximate surface area is 125 Å². The van der Waals surface area contributed by atoms with Crippen LogP contribution >= 0.6 is 0 Å². The molecule has 5 heteroatoms. The van der Waals surface area contributed by atoms with Gasteiger partial charge in [-0.15, -0.1) is 0 Å². The molecule has 0 aromatic heterocycles. The van der Waals surface area contributed by atoms with E-state index in [1.807, 2.05) is 32.0 Å². The van der Waals surface area contributed by atoms with Gasteiger partial charge in [-0.05, 0) is 56.0 Å². The fourth-order valence-corrected chi connectivity index (χ4v) is 3.87. The molecule has 0 N–H and O–H groups in total. The smallest absolute Gasteiger partial charge is 0.230 e. The Bertz CT molecular complexity index is 717. The predicted molar refractivity (Wildman–Crippen MR) is 82.8 cm³/mol. The van der Waals surface area contributed by atoms with E-state index < -0.39 is 9.84 Å². The number of carbonyl (C=O) groups excluding carboxylic acids is 1. The average Bonchev–Trinajstić information content (AvgIpc) is 3.19. The molecule has 1 aromatic carbocycles. The molecule has 21 heavy (non-hydrogen) atoms. The third-order valence-corrected chi connectivity index (χ3v) is 5.55. The maximum absolute atomic E-state index is 12.6. The van der Waals surface area contributed by atoms with Gasteiger partial charge < -0.3 is 4.90 Å². The molecule has 1 fully saturated rings. The summed E-state index contributed by atoms with van der Waals surface area (Å²) in [5.41, 5.74) is 3.06. The van der Waals surface area contributed by atoms with Gasteiger partial charge in [0.1, 0.15) is 0 Å². The van der Waals surface area contributed by atoms with Crippen molar-refractivity contribution in [3.63, 3.8) is 0 Å². The van der Waals surface area contributed by atoms with Crippen molar-refractivity contribution in [1.82, 2.24) is 0 Å². The second kappa shape index (κ2) is 4.98. The summed E-state index contributed by atoms with van der Waals surface area (Å²) in [7, 11) is -3.18. The molecule has 3 rings (SSSR count). The van der Waals surface area contributed by atoms with Gasteiger partial charge in [0.15, 0.2) is 9.84 Å². The fourth-order valence-electron chi connectivity index (χ4n) is 2.60. The number of rotatable bonds is 3. The zero-order valence-corrected chi connectivity index (χ0v) is 13.1. The highest BCUT2D eigenvalue weighted by Crippen LogP contribution is 2.35. The standard InChI is InChI=1S/C16H19NO3S/c1-11-3-6-14(9-12(11)2)17(16(18)13-4-5-13)15-7-8-21(19,20)10-15/h3,6-9,13,15H,4-5,10H2,1-2H3/t15-/m0/s1. The molecule has 1 atom stereocenters. The Balaban J connectivity index is 1.98. The lowest BCUT2D eigenvalue weighted by molar-refractivity contribution is -0.120. The lowest BCUT2D eigenvalue weighted by Crippen LogP contribution is -2.42. The van der Waals surface area contributed by atoms with Gasteiger partial charge in [0.2, 0.25) is 5.91 Å². The minimum Gasteiger partial charge on any atom is -0.304 e. The Morgan fingerprint density at radius 3 is 2.43 bits per heavy atom. The van der Waals surface area contributed by atoms with Gasteiger partial charge in [0.05, 0.1) is 11.8 Å². The number of amides is 1. The molecule has 0 spiro atoms. The fraction of sp³-hybridized carbons (Fsp3) is 0.438. The largest absolute Gasteiger partial charge is 0.304 e. The highest BCUT2D eigenvalue weighted by atomic mass is 32.2. The van der Waals surface area contributed by atoms with E-state index >= 15 is 0 Å². The maximum atomic E-state index is 12.6. The molecule has 0 radical (unpaired) electrons. The molecule has 1 aromatic rings. The molecule has 1 saturated carbocycles. The van der Waals surface area contributed by atoms with Crippen molar-refractivity contribution in [2.45, 2.75) is 32.7 Å². The third-order valence-electron chi connectivity index (χ3n) is 4.18. The molecule has 1 aliphatic heterocycles. The Kier molecular flexibility index (Phi) is 3.40. The van der Waals surface area contributed by atoms with Gasteiger partial charge in [-0.3, -0.25) is 4.79 Å². The van der Waals surface area contributed by atoms with E-state index in [0.717, 1.165) is 29.7 Å². The van der Waals surface area contributed by atoms with E-state index in [-0.39, 0.29) is 23.6 Å². The van der Waals surface area contributed by atoms with Gasteiger partial charge in [-0.25, -0.2) is 8.42 Å². The first kappa shape index (κ1) is 14.3. The second-order valence-corrected chi connectivity index (χ2v) is 7.91. The van der Waals surface area contributed by atoms with Crippen LogP contribution < -0.4 is 4.90 Å². The molecule has 1 amide bonds. The first-order valence-electron chi connectivity index (χ1n) is 7.19. The van der Waals surface area contributed by atoms with Crippen molar-refractivity contribution in [2.24, 2.45) is 5.92 Å². The van der Waals surface area contributed by atoms with E-state index in [1.54, 1.807) is 11.0 Å². The molecular formula is C16H19NO3S.